The highest BCUT2D eigenvalue weighted by Gasteiger charge is 2.22. The third-order valence-electron chi connectivity index (χ3n) is 3.91. The third kappa shape index (κ3) is 4.18. The fourth-order valence-corrected chi connectivity index (χ4v) is 2.47. The number of nitrogens with zero attached hydrogens (tertiary/aromatic N) is 1. The summed E-state index contributed by atoms with van der Waals surface area (Å²) >= 11 is 0. The Morgan fingerprint density at radius 1 is 1.45 bits per heavy atom. The number of carbonyl (C=O) groups is 1. The molecule has 1 heterocycles. The van der Waals surface area contributed by atoms with Crippen molar-refractivity contribution in [2.24, 2.45) is 0 Å². The van der Waals surface area contributed by atoms with Crippen LogP contribution in [0.25, 0.3) is 0 Å². The van der Waals surface area contributed by atoms with Crippen molar-refractivity contribution in [3.8, 4) is 0 Å². The van der Waals surface area contributed by atoms with Crippen LogP contribution in [0.2, 0.25) is 0 Å². The van der Waals surface area contributed by atoms with E-state index >= 15 is 0 Å². The number of benzene rings is 1. The molecule has 0 aliphatic carbocycles. The summed E-state index contributed by atoms with van der Waals surface area (Å²) in [5, 5.41) is 3.33. The van der Waals surface area contributed by atoms with Gasteiger partial charge in [-0.25, -0.2) is 4.39 Å². The SMILES string of the molecule is CC(c1ccc(F)cc1)N(C)C(=O)CC1CCCN1.Cl. The van der Waals surface area contributed by atoms with Crippen LogP contribution >= 0.6 is 12.4 Å². The van der Waals surface area contributed by atoms with E-state index in [1.807, 2.05) is 14.0 Å². The zero-order chi connectivity index (χ0) is 13.8. The van der Waals surface area contributed by atoms with Crippen molar-refractivity contribution in [3.05, 3.63) is 35.6 Å². The van der Waals surface area contributed by atoms with E-state index in [0.29, 0.717) is 12.5 Å². The number of nitrogens with one attached hydrogen (secondary N) is 1. The van der Waals surface area contributed by atoms with Gasteiger partial charge in [0, 0.05) is 19.5 Å². The molecule has 0 radical (unpaired) electrons. The quantitative estimate of drug-likeness (QED) is 0.927. The topological polar surface area (TPSA) is 32.3 Å². The van der Waals surface area contributed by atoms with Gasteiger partial charge in [-0.05, 0) is 44.0 Å². The molecule has 1 amide bonds. The molecule has 20 heavy (non-hydrogen) atoms. The first-order valence-electron chi connectivity index (χ1n) is 6.82. The first-order chi connectivity index (χ1) is 9.08. The minimum atomic E-state index is -0.250. The molecule has 3 nitrogen and oxygen atoms in total. The summed E-state index contributed by atoms with van der Waals surface area (Å²) < 4.78 is 12.9. The van der Waals surface area contributed by atoms with Crippen LogP contribution in [0.3, 0.4) is 0 Å². The molecule has 0 aromatic heterocycles. The smallest absolute Gasteiger partial charge is 0.224 e. The Morgan fingerprint density at radius 2 is 2.10 bits per heavy atom. The van der Waals surface area contributed by atoms with Crippen molar-refractivity contribution < 1.29 is 9.18 Å². The van der Waals surface area contributed by atoms with Gasteiger partial charge in [0.1, 0.15) is 5.82 Å². The lowest BCUT2D eigenvalue weighted by molar-refractivity contribution is -0.132. The van der Waals surface area contributed by atoms with Crippen LogP contribution in [0.4, 0.5) is 4.39 Å². The van der Waals surface area contributed by atoms with Gasteiger partial charge < -0.3 is 10.2 Å². The molecule has 2 unspecified atom stereocenters. The summed E-state index contributed by atoms with van der Waals surface area (Å²) in [6.07, 6.45) is 2.77. The van der Waals surface area contributed by atoms with E-state index in [1.54, 1.807) is 17.0 Å². The number of carbonyl (C=O) groups excluding carboxylic acids is 1. The second-order valence-electron chi connectivity index (χ2n) is 5.23. The molecule has 2 atom stereocenters. The molecule has 1 fully saturated rings. The molecule has 1 N–H and O–H groups in total. The minimum absolute atomic E-state index is 0. The summed E-state index contributed by atoms with van der Waals surface area (Å²) in [6.45, 7) is 2.97. The molecule has 0 saturated carbocycles. The monoisotopic (exact) mass is 300 g/mol. The highest BCUT2D eigenvalue weighted by atomic mass is 35.5. The van der Waals surface area contributed by atoms with Gasteiger partial charge in [-0.3, -0.25) is 4.79 Å². The van der Waals surface area contributed by atoms with Gasteiger partial charge in [0.2, 0.25) is 5.91 Å². The Kier molecular flexibility index (Phi) is 6.43. The number of hydrogen-bond donors (Lipinski definition) is 1. The van der Waals surface area contributed by atoms with Crippen LogP contribution in [0.1, 0.15) is 37.8 Å². The number of halogens is 2. The van der Waals surface area contributed by atoms with E-state index < -0.39 is 0 Å². The van der Waals surface area contributed by atoms with Crippen molar-refractivity contribution >= 4 is 18.3 Å². The van der Waals surface area contributed by atoms with Crippen LogP contribution < -0.4 is 5.32 Å². The Morgan fingerprint density at radius 3 is 2.65 bits per heavy atom. The summed E-state index contributed by atoms with van der Waals surface area (Å²) in [7, 11) is 1.81. The van der Waals surface area contributed by atoms with Crippen molar-refractivity contribution in [3.63, 3.8) is 0 Å². The van der Waals surface area contributed by atoms with Crippen molar-refractivity contribution in [2.75, 3.05) is 13.6 Å². The van der Waals surface area contributed by atoms with Crippen molar-refractivity contribution in [2.45, 2.75) is 38.3 Å². The first-order valence-corrected chi connectivity index (χ1v) is 6.82. The fraction of sp³-hybridized carbons (Fsp3) is 0.533. The van der Waals surface area contributed by atoms with Crippen molar-refractivity contribution in [1.29, 1.82) is 0 Å². The standard InChI is InChI=1S/C15H21FN2O.ClH/c1-11(12-5-7-13(16)8-6-12)18(2)15(19)10-14-4-3-9-17-14;/h5-8,11,14,17H,3-4,9-10H2,1-2H3;1H. The largest absolute Gasteiger partial charge is 0.339 e. The maximum Gasteiger partial charge on any atom is 0.224 e. The average molecular weight is 301 g/mol. The van der Waals surface area contributed by atoms with E-state index in [4.69, 9.17) is 0 Å². The van der Waals surface area contributed by atoms with Crippen molar-refractivity contribution in [1.82, 2.24) is 10.2 Å². The molecule has 1 aromatic rings. The lowest BCUT2D eigenvalue weighted by atomic mass is 10.1. The summed E-state index contributed by atoms with van der Waals surface area (Å²) in [4.78, 5) is 13.9. The molecule has 1 aromatic carbocycles. The van der Waals surface area contributed by atoms with Crippen LogP contribution in [-0.4, -0.2) is 30.4 Å². The maximum atomic E-state index is 12.9. The minimum Gasteiger partial charge on any atom is -0.339 e. The molecule has 112 valence electrons. The Hall–Kier alpha value is -1.13. The van der Waals surface area contributed by atoms with Gasteiger partial charge in [-0.15, -0.1) is 12.4 Å². The predicted octanol–water partition coefficient (Wildman–Crippen LogP) is 2.91. The summed E-state index contributed by atoms with van der Waals surface area (Å²) in [5.41, 5.74) is 0.955. The van der Waals surface area contributed by atoms with Crippen LogP contribution in [0.5, 0.6) is 0 Å². The zero-order valence-electron chi connectivity index (χ0n) is 11.9. The summed E-state index contributed by atoms with van der Waals surface area (Å²) in [6, 6.07) is 6.62. The van der Waals surface area contributed by atoms with Gasteiger partial charge in [-0.2, -0.15) is 0 Å². The lowest BCUT2D eigenvalue weighted by Crippen LogP contribution is -2.34. The molecule has 1 aliphatic rings. The molecule has 5 heteroatoms. The van der Waals surface area contributed by atoms with Crippen LogP contribution in [0, 0.1) is 5.82 Å². The highest BCUT2D eigenvalue weighted by molar-refractivity contribution is 5.85. The van der Waals surface area contributed by atoms with Gasteiger partial charge in [-0.1, -0.05) is 12.1 Å². The molecule has 1 saturated heterocycles. The molecule has 0 bridgehead atoms. The Bertz CT molecular complexity index is 432. The predicted molar refractivity (Wildman–Crippen MR) is 80.5 cm³/mol. The Balaban J connectivity index is 0.00000200. The fourth-order valence-electron chi connectivity index (χ4n) is 2.47. The van der Waals surface area contributed by atoms with Gasteiger partial charge >= 0.3 is 0 Å². The highest BCUT2D eigenvalue weighted by Crippen LogP contribution is 2.21. The zero-order valence-corrected chi connectivity index (χ0v) is 12.8. The molecule has 1 aliphatic heterocycles. The van der Waals surface area contributed by atoms with E-state index in [2.05, 4.69) is 5.32 Å². The maximum absolute atomic E-state index is 12.9. The molecule has 2 rings (SSSR count). The third-order valence-corrected chi connectivity index (χ3v) is 3.91. The number of hydrogen-bond acceptors (Lipinski definition) is 2. The molecular weight excluding hydrogens is 279 g/mol. The van der Waals surface area contributed by atoms with E-state index in [0.717, 1.165) is 24.9 Å². The van der Waals surface area contributed by atoms with Gasteiger partial charge in [0.15, 0.2) is 0 Å². The second-order valence-corrected chi connectivity index (χ2v) is 5.23. The first kappa shape index (κ1) is 16.9. The Labute approximate surface area is 125 Å². The van der Waals surface area contributed by atoms with E-state index in [-0.39, 0.29) is 30.2 Å². The second kappa shape index (κ2) is 7.60. The average Bonchev–Trinajstić information content (AvgIpc) is 2.90. The van der Waals surface area contributed by atoms with E-state index in [1.165, 1.54) is 12.1 Å². The normalized spacial score (nSPS) is 19.2. The molecular formula is C15H22ClFN2O. The summed E-state index contributed by atoms with van der Waals surface area (Å²) in [5.74, 6) is -0.115. The van der Waals surface area contributed by atoms with Crippen LogP contribution in [-0.2, 0) is 4.79 Å². The van der Waals surface area contributed by atoms with E-state index in [9.17, 15) is 9.18 Å². The number of amides is 1. The van der Waals surface area contributed by atoms with Crippen LogP contribution in [0.15, 0.2) is 24.3 Å². The molecule has 0 spiro atoms. The van der Waals surface area contributed by atoms with Gasteiger partial charge in [0.05, 0.1) is 6.04 Å². The number of rotatable bonds is 4. The van der Waals surface area contributed by atoms with Gasteiger partial charge in [0.25, 0.3) is 0 Å². The lowest BCUT2D eigenvalue weighted by Gasteiger charge is -2.26.